The highest BCUT2D eigenvalue weighted by atomic mass is 32.2. The Bertz CT molecular complexity index is 384. The Kier molecular flexibility index (Phi) is 3.99. The summed E-state index contributed by atoms with van der Waals surface area (Å²) in [6, 6.07) is -0.114. The summed E-state index contributed by atoms with van der Waals surface area (Å²) in [6.45, 7) is 3.44. The van der Waals surface area contributed by atoms with E-state index in [9.17, 15) is 14.7 Å². The first-order valence-corrected chi connectivity index (χ1v) is 8.01. The predicted molar refractivity (Wildman–Crippen MR) is 75.4 cm³/mol. The highest BCUT2D eigenvalue weighted by Gasteiger charge is 2.46. The molecular formula is C13H22N2O3S. The van der Waals surface area contributed by atoms with E-state index in [-0.39, 0.29) is 10.8 Å². The number of amides is 2. The van der Waals surface area contributed by atoms with Gasteiger partial charge in [-0.2, -0.15) is 11.8 Å². The van der Waals surface area contributed by atoms with Crippen molar-refractivity contribution in [1.29, 1.82) is 0 Å². The van der Waals surface area contributed by atoms with Crippen LogP contribution in [0.1, 0.15) is 32.6 Å². The van der Waals surface area contributed by atoms with Crippen molar-refractivity contribution in [2.45, 2.75) is 37.4 Å². The van der Waals surface area contributed by atoms with Gasteiger partial charge in [-0.25, -0.2) is 4.79 Å². The lowest BCUT2D eigenvalue weighted by atomic mass is 9.84. The zero-order valence-electron chi connectivity index (χ0n) is 11.6. The van der Waals surface area contributed by atoms with Gasteiger partial charge in [0, 0.05) is 24.4 Å². The van der Waals surface area contributed by atoms with E-state index in [1.165, 1.54) is 0 Å². The number of likely N-dealkylation sites (tertiary alicyclic amines) is 1. The summed E-state index contributed by atoms with van der Waals surface area (Å²) in [7, 11) is 0. The first-order chi connectivity index (χ1) is 8.97. The first-order valence-electron chi connectivity index (χ1n) is 6.78. The number of nitrogens with one attached hydrogen (secondary N) is 1. The van der Waals surface area contributed by atoms with Crippen LogP contribution in [-0.2, 0) is 4.79 Å². The largest absolute Gasteiger partial charge is 0.481 e. The number of carbonyl (C=O) groups excluding carboxylic acids is 1. The molecule has 0 aromatic carbocycles. The molecule has 2 amide bonds. The zero-order chi connectivity index (χ0) is 14.1. The Hall–Kier alpha value is -0.910. The summed E-state index contributed by atoms with van der Waals surface area (Å²) < 4.78 is 0.240. The van der Waals surface area contributed by atoms with Gasteiger partial charge in [-0.05, 0) is 31.9 Å². The van der Waals surface area contributed by atoms with Crippen molar-refractivity contribution in [3.8, 4) is 0 Å². The lowest BCUT2D eigenvalue weighted by molar-refractivity contribution is -0.148. The number of carboxylic acids is 1. The maximum Gasteiger partial charge on any atom is 0.317 e. The fourth-order valence-corrected chi connectivity index (χ4v) is 3.33. The van der Waals surface area contributed by atoms with Crippen LogP contribution in [0.3, 0.4) is 0 Å². The third-order valence-electron chi connectivity index (χ3n) is 4.57. The molecule has 1 saturated heterocycles. The van der Waals surface area contributed by atoms with Crippen LogP contribution >= 0.6 is 11.8 Å². The lowest BCUT2D eigenvalue weighted by Crippen LogP contribution is -2.43. The predicted octanol–water partition coefficient (Wildman–Crippen LogP) is 1.78. The molecule has 0 bridgehead atoms. The minimum absolute atomic E-state index is 0.114. The molecule has 1 unspecified atom stereocenters. The summed E-state index contributed by atoms with van der Waals surface area (Å²) in [5.74, 6) is -0.784. The fraction of sp³-hybridized carbons (Fsp3) is 0.846. The van der Waals surface area contributed by atoms with Crippen LogP contribution in [-0.4, -0.2) is 52.6 Å². The van der Waals surface area contributed by atoms with Crippen molar-refractivity contribution in [2.75, 3.05) is 25.9 Å². The third kappa shape index (κ3) is 2.83. The summed E-state index contributed by atoms with van der Waals surface area (Å²) >= 11 is 1.80. The summed E-state index contributed by atoms with van der Waals surface area (Å²) in [5.41, 5.74) is -0.742. The molecule has 0 spiro atoms. The lowest BCUT2D eigenvalue weighted by Gasteiger charge is -2.24. The molecule has 0 radical (unpaired) electrons. The number of hydrogen-bond donors (Lipinski definition) is 2. The van der Waals surface area contributed by atoms with Gasteiger partial charge in [-0.3, -0.25) is 4.79 Å². The van der Waals surface area contributed by atoms with Crippen molar-refractivity contribution >= 4 is 23.8 Å². The average Bonchev–Trinajstić information content (AvgIpc) is 3.05. The average molecular weight is 286 g/mol. The molecule has 19 heavy (non-hydrogen) atoms. The molecule has 1 atom stereocenters. The van der Waals surface area contributed by atoms with Gasteiger partial charge in [-0.15, -0.1) is 0 Å². The molecule has 1 aliphatic carbocycles. The Balaban J connectivity index is 1.86. The summed E-state index contributed by atoms with van der Waals surface area (Å²) in [4.78, 5) is 25.1. The summed E-state index contributed by atoms with van der Waals surface area (Å²) in [5, 5.41) is 12.3. The Morgan fingerprint density at radius 3 is 2.47 bits per heavy atom. The number of nitrogens with zero attached hydrogens (tertiary/aromatic N) is 1. The zero-order valence-corrected chi connectivity index (χ0v) is 12.4. The van der Waals surface area contributed by atoms with Gasteiger partial charge in [-0.1, -0.05) is 6.92 Å². The topological polar surface area (TPSA) is 69.6 Å². The molecule has 6 heteroatoms. The molecule has 1 heterocycles. The second-order valence-corrected chi connectivity index (χ2v) is 6.93. The van der Waals surface area contributed by atoms with Gasteiger partial charge in [0.2, 0.25) is 0 Å². The van der Waals surface area contributed by atoms with E-state index in [2.05, 4.69) is 11.6 Å². The molecule has 1 saturated carbocycles. The molecular weight excluding hydrogens is 264 g/mol. The van der Waals surface area contributed by atoms with Crippen molar-refractivity contribution in [3.63, 3.8) is 0 Å². The van der Waals surface area contributed by atoms with E-state index in [0.717, 1.165) is 12.8 Å². The van der Waals surface area contributed by atoms with E-state index in [4.69, 9.17) is 0 Å². The second kappa shape index (κ2) is 5.23. The normalized spacial score (nSPS) is 28.2. The number of aliphatic carboxylic acids is 1. The van der Waals surface area contributed by atoms with Crippen LogP contribution in [0, 0.1) is 5.41 Å². The molecule has 2 N–H and O–H groups in total. The van der Waals surface area contributed by atoms with E-state index >= 15 is 0 Å². The van der Waals surface area contributed by atoms with Crippen molar-refractivity contribution in [3.05, 3.63) is 0 Å². The first kappa shape index (κ1) is 14.5. The number of thioether (sulfide) groups is 1. The van der Waals surface area contributed by atoms with Gasteiger partial charge in [0.15, 0.2) is 0 Å². The van der Waals surface area contributed by atoms with E-state index in [1.807, 2.05) is 6.92 Å². The highest BCUT2D eigenvalue weighted by molar-refractivity contribution is 8.00. The molecule has 0 aromatic rings. The van der Waals surface area contributed by atoms with Crippen molar-refractivity contribution in [2.24, 2.45) is 5.41 Å². The summed E-state index contributed by atoms with van der Waals surface area (Å²) in [6.07, 6.45) is 5.51. The maximum atomic E-state index is 12.1. The Morgan fingerprint density at radius 1 is 1.37 bits per heavy atom. The molecule has 5 nitrogen and oxygen atoms in total. The molecule has 2 aliphatic rings. The molecule has 0 aromatic heterocycles. The van der Waals surface area contributed by atoms with Gasteiger partial charge >= 0.3 is 12.0 Å². The van der Waals surface area contributed by atoms with E-state index in [1.54, 1.807) is 16.7 Å². The minimum atomic E-state index is -0.784. The Morgan fingerprint density at radius 2 is 2.05 bits per heavy atom. The molecule has 1 aliphatic heterocycles. The van der Waals surface area contributed by atoms with Gasteiger partial charge in [0.1, 0.15) is 0 Å². The van der Waals surface area contributed by atoms with Crippen molar-refractivity contribution in [1.82, 2.24) is 10.2 Å². The van der Waals surface area contributed by atoms with Crippen LogP contribution in [0.25, 0.3) is 0 Å². The fourth-order valence-electron chi connectivity index (χ4n) is 2.60. The standard InChI is InChI=1S/C13H22N2O3S/c1-3-12(10(16)17)6-7-15(9-12)11(18)14-8-13(19-2)4-5-13/h3-9H2,1-2H3,(H,14,18)(H,16,17). The monoisotopic (exact) mass is 286 g/mol. The number of hydrogen-bond acceptors (Lipinski definition) is 3. The van der Waals surface area contributed by atoms with Crippen LogP contribution < -0.4 is 5.32 Å². The SMILES string of the molecule is CCC1(C(=O)O)CCN(C(=O)NCC2(SC)CC2)C1. The number of rotatable bonds is 5. The molecule has 2 rings (SSSR count). The Labute approximate surface area is 118 Å². The van der Waals surface area contributed by atoms with Crippen LogP contribution in [0.2, 0.25) is 0 Å². The van der Waals surface area contributed by atoms with Gasteiger partial charge in [0.05, 0.1) is 5.41 Å². The second-order valence-electron chi connectivity index (χ2n) is 5.66. The van der Waals surface area contributed by atoms with Gasteiger partial charge in [0.25, 0.3) is 0 Å². The quantitative estimate of drug-likeness (QED) is 0.808. The third-order valence-corrected chi connectivity index (χ3v) is 5.99. The van der Waals surface area contributed by atoms with Gasteiger partial charge < -0.3 is 15.3 Å². The van der Waals surface area contributed by atoms with Crippen molar-refractivity contribution < 1.29 is 14.7 Å². The van der Waals surface area contributed by atoms with Crippen LogP contribution in [0.5, 0.6) is 0 Å². The number of carbonyl (C=O) groups is 2. The van der Waals surface area contributed by atoms with E-state index < -0.39 is 11.4 Å². The van der Waals surface area contributed by atoms with Crippen LogP contribution in [0.4, 0.5) is 4.79 Å². The maximum absolute atomic E-state index is 12.1. The highest BCUT2D eigenvalue weighted by Crippen LogP contribution is 2.46. The van der Waals surface area contributed by atoms with Crippen LogP contribution in [0.15, 0.2) is 0 Å². The molecule has 108 valence electrons. The smallest absolute Gasteiger partial charge is 0.317 e. The molecule has 2 fully saturated rings. The minimum Gasteiger partial charge on any atom is -0.481 e. The number of urea groups is 1. The number of carboxylic acid groups (broad SMARTS) is 1. The van der Waals surface area contributed by atoms with E-state index in [0.29, 0.717) is 32.5 Å².